The highest BCUT2D eigenvalue weighted by Crippen LogP contribution is 2.38. The Balaban J connectivity index is 2.20. The summed E-state index contributed by atoms with van der Waals surface area (Å²) < 4.78 is 5.90. The highest BCUT2D eigenvalue weighted by atomic mass is 16.5. The number of amides is 2. The third-order valence-electron chi connectivity index (χ3n) is 3.97. The van der Waals surface area contributed by atoms with Gasteiger partial charge >= 0.3 is 6.03 Å². The van der Waals surface area contributed by atoms with Gasteiger partial charge in [0.25, 0.3) is 0 Å². The Kier molecular flexibility index (Phi) is 3.71. The summed E-state index contributed by atoms with van der Waals surface area (Å²) in [7, 11) is 3.42. The summed E-state index contributed by atoms with van der Waals surface area (Å²) in [6.07, 6.45) is 1.75. The molecule has 114 valence electrons. The van der Waals surface area contributed by atoms with Crippen LogP contribution in [0.2, 0.25) is 0 Å². The first-order valence-electron chi connectivity index (χ1n) is 7.23. The molecule has 3 rings (SSSR count). The van der Waals surface area contributed by atoms with E-state index in [0.29, 0.717) is 6.61 Å². The molecule has 22 heavy (non-hydrogen) atoms. The lowest BCUT2D eigenvalue weighted by atomic mass is 9.95. The molecule has 0 radical (unpaired) electrons. The van der Waals surface area contributed by atoms with Gasteiger partial charge in [-0.2, -0.15) is 0 Å². The average Bonchev–Trinajstić information content (AvgIpc) is 2.69. The zero-order chi connectivity index (χ0) is 15.7. The number of ether oxygens (including phenoxy) is 1. The first-order chi connectivity index (χ1) is 10.6. The molecule has 0 bridgehead atoms. The van der Waals surface area contributed by atoms with Crippen LogP contribution in [-0.2, 0) is 6.61 Å². The van der Waals surface area contributed by atoms with Crippen LogP contribution >= 0.6 is 0 Å². The van der Waals surface area contributed by atoms with Crippen LogP contribution in [0.5, 0.6) is 5.75 Å². The predicted molar refractivity (Wildman–Crippen MR) is 83.8 cm³/mol. The van der Waals surface area contributed by atoms with Crippen molar-refractivity contribution >= 4 is 6.03 Å². The summed E-state index contributed by atoms with van der Waals surface area (Å²) in [5, 5.41) is 2.68. The zero-order valence-electron chi connectivity index (χ0n) is 13.0. The monoisotopic (exact) mass is 297 g/mol. The standard InChI is InChI=1S/C17H19N3O2/c1-11-6-7-15-13(9-11)16(20(3)17(21)18-2)12-5-4-8-19-14(12)10-22-15/h4-9,16H,10H2,1-3H3,(H,18,21). The highest BCUT2D eigenvalue weighted by Gasteiger charge is 2.30. The summed E-state index contributed by atoms with van der Waals surface area (Å²) in [5.74, 6) is 0.796. The Morgan fingerprint density at radius 3 is 2.95 bits per heavy atom. The third kappa shape index (κ3) is 2.39. The van der Waals surface area contributed by atoms with E-state index in [0.717, 1.165) is 28.1 Å². The van der Waals surface area contributed by atoms with E-state index >= 15 is 0 Å². The molecule has 1 atom stereocenters. The molecular formula is C17H19N3O2. The van der Waals surface area contributed by atoms with E-state index in [1.807, 2.05) is 31.2 Å². The lowest BCUT2D eigenvalue weighted by Gasteiger charge is -2.29. The molecule has 1 aromatic carbocycles. The van der Waals surface area contributed by atoms with E-state index in [-0.39, 0.29) is 12.1 Å². The van der Waals surface area contributed by atoms with Gasteiger partial charge in [0.1, 0.15) is 12.4 Å². The van der Waals surface area contributed by atoms with Crippen molar-refractivity contribution in [1.82, 2.24) is 15.2 Å². The van der Waals surface area contributed by atoms with Crippen molar-refractivity contribution in [2.24, 2.45) is 0 Å². The van der Waals surface area contributed by atoms with Crippen LogP contribution in [0.3, 0.4) is 0 Å². The average molecular weight is 297 g/mol. The van der Waals surface area contributed by atoms with Crippen molar-refractivity contribution in [3.8, 4) is 5.75 Å². The number of hydrogen-bond donors (Lipinski definition) is 1. The summed E-state index contributed by atoms with van der Waals surface area (Å²) in [6, 6.07) is 9.58. The Bertz CT molecular complexity index is 715. The van der Waals surface area contributed by atoms with Crippen molar-refractivity contribution in [3.05, 3.63) is 58.9 Å². The Labute approximate surface area is 129 Å². The van der Waals surface area contributed by atoms with Crippen LogP contribution in [0, 0.1) is 6.92 Å². The number of pyridine rings is 1. The molecule has 0 fully saturated rings. The van der Waals surface area contributed by atoms with E-state index in [1.54, 1.807) is 25.2 Å². The SMILES string of the molecule is CNC(=O)N(C)C1c2cc(C)ccc2OCc2ncccc21. The Morgan fingerprint density at radius 2 is 2.18 bits per heavy atom. The van der Waals surface area contributed by atoms with E-state index in [9.17, 15) is 4.79 Å². The van der Waals surface area contributed by atoms with Gasteiger partial charge in [0.2, 0.25) is 0 Å². The van der Waals surface area contributed by atoms with Gasteiger partial charge in [-0.3, -0.25) is 4.98 Å². The van der Waals surface area contributed by atoms with Crippen molar-refractivity contribution in [3.63, 3.8) is 0 Å². The van der Waals surface area contributed by atoms with Gasteiger partial charge in [0, 0.05) is 31.4 Å². The molecular weight excluding hydrogens is 278 g/mol. The number of aromatic nitrogens is 1. The van der Waals surface area contributed by atoms with Crippen LogP contribution in [0.1, 0.15) is 28.4 Å². The summed E-state index contributed by atoms with van der Waals surface area (Å²) >= 11 is 0. The first kappa shape index (κ1) is 14.4. The quantitative estimate of drug-likeness (QED) is 0.880. The number of nitrogens with zero attached hydrogens (tertiary/aromatic N) is 2. The van der Waals surface area contributed by atoms with Crippen LogP contribution in [-0.4, -0.2) is 30.0 Å². The molecule has 2 aromatic rings. The fraction of sp³-hybridized carbons (Fsp3) is 0.294. The molecule has 2 heterocycles. The molecule has 1 aliphatic rings. The number of aryl methyl sites for hydroxylation is 1. The van der Waals surface area contributed by atoms with Gasteiger partial charge < -0.3 is 15.0 Å². The number of carbonyl (C=O) groups excluding carboxylic acids is 1. The second kappa shape index (κ2) is 5.67. The molecule has 0 saturated heterocycles. The number of fused-ring (bicyclic) bond motifs is 2. The second-order valence-electron chi connectivity index (χ2n) is 5.44. The van der Waals surface area contributed by atoms with Gasteiger partial charge in [-0.25, -0.2) is 4.79 Å². The number of nitrogens with one attached hydrogen (secondary N) is 1. The van der Waals surface area contributed by atoms with Crippen LogP contribution < -0.4 is 10.1 Å². The molecule has 0 aliphatic carbocycles. The molecule has 1 unspecified atom stereocenters. The summed E-state index contributed by atoms with van der Waals surface area (Å²) in [4.78, 5) is 18.3. The third-order valence-corrected chi connectivity index (χ3v) is 3.97. The Hall–Kier alpha value is -2.56. The minimum Gasteiger partial charge on any atom is -0.487 e. The number of urea groups is 1. The van der Waals surface area contributed by atoms with Crippen LogP contribution in [0.25, 0.3) is 0 Å². The highest BCUT2D eigenvalue weighted by molar-refractivity contribution is 5.75. The van der Waals surface area contributed by atoms with Gasteiger partial charge in [-0.05, 0) is 25.1 Å². The van der Waals surface area contributed by atoms with E-state index < -0.39 is 0 Å². The molecule has 1 aromatic heterocycles. The van der Waals surface area contributed by atoms with Crippen molar-refractivity contribution in [2.45, 2.75) is 19.6 Å². The molecule has 1 aliphatic heterocycles. The number of carbonyl (C=O) groups is 1. The molecule has 5 heteroatoms. The van der Waals surface area contributed by atoms with Crippen molar-refractivity contribution in [1.29, 1.82) is 0 Å². The zero-order valence-corrected chi connectivity index (χ0v) is 13.0. The molecule has 0 saturated carbocycles. The molecule has 5 nitrogen and oxygen atoms in total. The normalized spacial score (nSPS) is 15.9. The van der Waals surface area contributed by atoms with Crippen molar-refractivity contribution in [2.75, 3.05) is 14.1 Å². The summed E-state index contributed by atoms with van der Waals surface area (Å²) in [6.45, 7) is 2.44. The number of hydrogen-bond acceptors (Lipinski definition) is 3. The first-order valence-corrected chi connectivity index (χ1v) is 7.23. The van der Waals surface area contributed by atoms with Gasteiger partial charge in [-0.1, -0.05) is 17.7 Å². The minimum absolute atomic E-state index is 0.144. The predicted octanol–water partition coefficient (Wildman–Crippen LogP) is 2.64. The lowest BCUT2D eigenvalue weighted by Crippen LogP contribution is -2.38. The largest absolute Gasteiger partial charge is 0.487 e. The topological polar surface area (TPSA) is 54.5 Å². The summed E-state index contributed by atoms with van der Waals surface area (Å²) in [5.41, 5.74) is 3.97. The maximum atomic E-state index is 12.2. The van der Waals surface area contributed by atoms with Gasteiger partial charge in [0.15, 0.2) is 0 Å². The number of rotatable bonds is 1. The van der Waals surface area contributed by atoms with Crippen LogP contribution in [0.15, 0.2) is 36.5 Å². The molecule has 1 N–H and O–H groups in total. The molecule has 0 spiro atoms. The van der Waals surface area contributed by atoms with E-state index in [4.69, 9.17) is 4.74 Å². The van der Waals surface area contributed by atoms with Crippen molar-refractivity contribution < 1.29 is 9.53 Å². The van der Waals surface area contributed by atoms with E-state index in [2.05, 4.69) is 16.4 Å². The fourth-order valence-electron chi connectivity index (χ4n) is 2.86. The van der Waals surface area contributed by atoms with Crippen LogP contribution in [0.4, 0.5) is 4.79 Å². The maximum absolute atomic E-state index is 12.2. The van der Waals surface area contributed by atoms with Gasteiger partial charge in [0.05, 0.1) is 11.7 Å². The van der Waals surface area contributed by atoms with E-state index in [1.165, 1.54) is 0 Å². The second-order valence-corrected chi connectivity index (χ2v) is 5.44. The Morgan fingerprint density at radius 1 is 1.36 bits per heavy atom. The smallest absolute Gasteiger partial charge is 0.317 e. The maximum Gasteiger partial charge on any atom is 0.317 e. The lowest BCUT2D eigenvalue weighted by molar-refractivity contribution is 0.200. The number of benzene rings is 1. The molecule has 2 amide bonds. The fourth-order valence-corrected chi connectivity index (χ4v) is 2.86. The minimum atomic E-state index is -0.221. The van der Waals surface area contributed by atoms with Gasteiger partial charge in [-0.15, -0.1) is 0 Å².